The van der Waals surface area contributed by atoms with E-state index < -0.39 is 0 Å². The van der Waals surface area contributed by atoms with E-state index in [1.807, 2.05) is 0 Å². The molecule has 0 saturated carbocycles. The Morgan fingerprint density at radius 2 is 2.25 bits per heavy atom. The van der Waals surface area contributed by atoms with Crippen LogP contribution in [0.25, 0.3) is 0 Å². The topological polar surface area (TPSA) is 64.4 Å². The van der Waals surface area contributed by atoms with Gasteiger partial charge in [-0.1, -0.05) is 0 Å². The third-order valence-corrected chi connectivity index (χ3v) is 0.901. The van der Waals surface area contributed by atoms with E-state index in [-0.39, 0.29) is 6.04 Å². The first-order valence-electron chi connectivity index (χ1n) is 2.69. The minimum atomic E-state index is 0.109. The molecular formula is C5H13N3. The fourth-order valence-electron chi connectivity index (χ4n) is 0.471. The molecule has 0 aliphatic carbocycles. The summed E-state index contributed by atoms with van der Waals surface area (Å²) in [5, 5.41) is 0. The van der Waals surface area contributed by atoms with Gasteiger partial charge in [-0.15, -0.1) is 0 Å². The van der Waals surface area contributed by atoms with E-state index in [1.54, 1.807) is 0 Å². The highest BCUT2D eigenvalue weighted by Gasteiger charge is 1.95. The van der Waals surface area contributed by atoms with Gasteiger partial charge in [-0.25, -0.2) is 0 Å². The number of hydrogen-bond acceptors (Lipinski definition) is 3. The highest BCUT2D eigenvalue weighted by molar-refractivity contribution is 5.23. The average molecular weight is 115 g/mol. The molecule has 0 aromatic carbocycles. The molecule has 0 aliphatic rings. The third-order valence-electron chi connectivity index (χ3n) is 0.901. The van der Waals surface area contributed by atoms with E-state index in [1.165, 1.54) is 0 Å². The van der Waals surface area contributed by atoms with Crippen molar-refractivity contribution in [3.8, 4) is 0 Å². The molecule has 0 bridgehead atoms. The summed E-state index contributed by atoms with van der Waals surface area (Å²) in [5.41, 5.74) is 10.7. The normalized spacial score (nSPS) is 13.2. The molecule has 0 spiro atoms. The minimum absolute atomic E-state index is 0.109. The van der Waals surface area contributed by atoms with Gasteiger partial charge in [-0.3, -0.25) is 4.99 Å². The maximum atomic E-state index is 5.48. The monoisotopic (exact) mass is 115 g/mol. The molecule has 3 heteroatoms. The third kappa shape index (κ3) is 3.77. The van der Waals surface area contributed by atoms with Gasteiger partial charge in [0.15, 0.2) is 0 Å². The van der Waals surface area contributed by atoms with Crippen molar-refractivity contribution in [1.82, 2.24) is 0 Å². The second-order valence-corrected chi connectivity index (χ2v) is 1.74. The zero-order chi connectivity index (χ0) is 6.41. The predicted octanol–water partition coefficient (Wildman–Crippen LogP) is -0.637. The van der Waals surface area contributed by atoms with E-state index >= 15 is 0 Å². The summed E-state index contributed by atoms with van der Waals surface area (Å²) >= 11 is 0. The Balaban J connectivity index is 3.03. The summed E-state index contributed by atoms with van der Waals surface area (Å²) in [6.07, 6.45) is 0.832. The van der Waals surface area contributed by atoms with Crippen LogP contribution < -0.4 is 11.5 Å². The molecule has 8 heavy (non-hydrogen) atoms. The van der Waals surface area contributed by atoms with Gasteiger partial charge < -0.3 is 11.5 Å². The Morgan fingerprint density at radius 1 is 1.62 bits per heavy atom. The lowest BCUT2D eigenvalue weighted by Crippen LogP contribution is -2.26. The second-order valence-electron chi connectivity index (χ2n) is 1.74. The van der Waals surface area contributed by atoms with Crippen molar-refractivity contribution in [3.05, 3.63) is 0 Å². The standard InChI is InChI=1S/C5H13N3/c1-8-4-5(7)2-3-6/h5H,1-4,6-7H2. The lowest BCUT2D eigenvalue weighted by atomic mass is 10.2. The van der Waals surface area contributed by atoms with Gasteiger partial charge in [0.1, 0.15) is 0 Å². The van der Waals surface area contributed by atoms with Crippen LogP contribution in [0.15, 0.2) is 4.99 Å². The Labute approximate surface area is 49.8 Å². The fraction of sp³-hybridized carbons (Fsp3) is 0.800. The maximum Gasteiger partial charge on any atom is 0.0534 e. The SMILES string of the molecule is C=NCC(N)CCN. The molecule has 0 aliphatic heterocycles. The first-order chi connectivity index (χ1) is 3.81. The van der Waals surface area contributed by atoms with Gasteiger partial charge in [0.25, 0.3) is 0 Å². The van der Waals surface area contributed by atoms with Gasteiger partial charge in [0.2, 0.25) is 0 Å². The van der Waals surface area contributed by atoms with Crippen LogP contribution >= 0.6 is 0 Å². The zero-order valence-electron chi connectivity index (χ0n) is 5.01. The molecule has 0 aromatic rings. The van der Waals surface area contributed by atoms with Crippen molar-refractivity contribution in [2.45, 2.75) is 12.5 Å². The van der Waals surface area contributed by atoms with Gasteiger partial charge in [-0.05, 0) is 19.7 Å². The number of aliphatic imine (C=N–C) groups is 1. The van der Waals surface area contributed by atoms with Crippen LogP contribution in [0.2, 0.25) is 0 Å². The molecule has 0 aromatic heterocycles. The van der Waals surface area contributed by atoms with Crippen LogP contribution in [0.5, 0.6) is 0 Å². The molecule has 48 valence electrons. The summed E-state index contributed by atoms with van der Waals surface area (Å²) in [5.74, 6) is 0. The van der Waals surface area contributed by atoms with E-state index in [4.69, 9.17) is 11.5 Å². The maximum absolute atomic E-state index is 5.48. The Morgan fingerprint density at radius 3 is 2.62 bits per heavy atom. The molecule has 0 amide bonds. The highest BCUT2D eigenvalue weighted by Crippen LogP contribution is 1.83. The van der Waals surface area contributed by atoms with Crippen molar-refractivity contribution in [2.24, 2.45) is 16.5 Å². The summed E-state index contributed by atoms with van der Waals surface area (Å²) in [7, 11) is 0. The van der Waals surface area contributed by atoms with Crippen LogP contribution in [0.3, 0.4) is 0 Å². The quantitative estimate of drug-likeness (QED) is 0.479. The Kier molecular flexibility index (Phi) is 4.50. The van der Waals surface area contributed by atoms with Crippen molar-refractivity contribution < 1.29 is 0 Å². The highest BCUT2D eigenvalue weighted by atomic mass is 14.8. The summed E-state index contributed by atoms with van der Waals surface area (Å²) in [4.78, 5) is 3.62. The molecule has 0 rings (SSSR count). The lowest BCUT2D eigenvalue weighted by molar-refractivity contribution is 0.634. The van der Waals surface area contributed by atoms with Crippen molar-refractivity contribution in [3.63, 3.8) is 0 Å². The Hall–Kier alpha value is -0.410. The van der Waals surface area contributed by atoms with Gasteiger partial charge >= 0.3 is 0 Å². The van der Waals surface area contributed by atoms with Crippen LogP contribution in [0.1, 0.15) is 6.42 Å². The van der Waals surface area contributed by atoms with Crippen LogP contribution in [0, 0.1) is 0 Å². The van der Waals surface area contributed by atoms with Crippen molar-refractivity contribution in [2.75, 3.05) is 13.1 Å². The summed E-state index contributed by atoms with van der Waals surface area (Å²) < 4.78 is 0. The van der Waals surface area contributed by atoms with Crippen LogP contribution in [0.4, 0.5) is 0 Å². The number of nitrogens with two attached hydrogens (primary N) is 2. The van der Waals surface area contributed by atoms with E-state index in [9.17, 15) is 0 Å². The predicted molar refractivity (Wildman–Crippen MR) is 36.1 cm³/mol. The largest absolute Gasteiger partial charge is 0.330 e. The molecular weight excluding hydrogens is 102 g/mol. The van der Waals surface area contributed by atoms with Gasteiger partial charge in [0, 0.05) is 6.04 Å². The molecule has 0 saturated heterocycles. The first kappa shape index (κ1) is 7.59. The van der Waals surface area contributed by atoms with Crippen LogP contribution in [-0.2, 0) is 0 Å². The summed E-state index contributed by atoms with van der Waals surface area (Å²) in [6, 6.07) is 0.109. The molecule has 1 atom stereocenters. The fourth-order valence-corrected chi connectivity index (χ4v) is 0.471. The average Bonchev–Trinajstić information content (AvgIpc) is 1.68. The molecule has 0 radical (unpaired) electrons. The van der Waals surface area contributed by atoms with E-state index in [0.717, 1.165) is 6.42 Å². The molecule has 3 nitrogen and oxygen atoms in total. The second kappa shape index (κ2) is 4.74. The zero-order valence-corrected chi connectivity index (χ0v) is 5.01. The van der Waals surface area contributed by atoms with Gasteiger partial charge in [-0.2, -0.15) is 0 Å². The molecule has 4 N–H and O–H groups in total. The van der Waals surface area contributed by atoms with Crippen LogP contribution in [-0.4, -0.2) is 25.8 Å². The first-order valence-corrected chi connectivity index (χ1v) is 2.69. The molecule has 0 fully saturated rings. The Bertz CT molecular complexity index is 62.7. The van der Waals surface area contributed by atoms with E-state index in [2.05, 4.69) is 11.7 Å². The van der Waals surface area contributed by atoms with Crippen molar-refractivity contribution >= 4 is 6.72 Å². The number of nitrogens with zero attached hydrogens (tertiary/aromatic N) is 1. The van der Waals surface area contributed by atoms with E-state index in [0.29, 0.717) is 13.1 Å². The molecule has 0 heterocycles. The smallest absolute Gasteiger partial charge is 0.0534 e. The minimum Gasteiger partial charge on any atom is -0.330 e. The summed E-state index contributed by atoms with van der Waals surface area (Å²) in [6.45, 7) is 4.57. The van der Waals surface area contributed by atoms with Gasteiger partial charge in [0.05, 0.1) is 6.54 Å². The van der Waals surface area contributed by atoms with Crippen molar-refractivity contribution in [1.29, 1.82) is 0 Å². The lowest BCUT2D eigenvalue weighted by Gasteiger charge is -2.03. The number of hydrogen-bond donors (Lipinski definition) is 2. The number of rotatable bonds is 4. The molecule has 1 unspecified atom stereocenters.